The molecule has 0 unspecified atom stereocenters. The van der Waals surface area contributed by atoms with E-state index < -0.39 is 0 Å². The smallest absolute Gasteiger partial charge is 0.247 e. The van der Waals surface area contributed by atoms with Crippen LogP contribution in [0.1, 0.15) is 37.9 Å². The van der Waals surface area contributed by atoms with Crippen LogP contribution in [0.25, 0.3) is 11.0 Å². The number of benzene rings is 1. The first-order valence-electron chi connectivity index (χ1n) is 7.09. The number of para-hydroxylation sites is 2. The van der Waals surface area contributed by atoms with Gasteiger partial charge in [0.15, 0.2) is 0 Å². The summed E-state index contributed by atoms with van der Waals surface area (Å²) in [6.07, 6.45) is 5.86. The van der Waals surface area contributed by atoms with Gasteiger partial charge in [-0.2, -0.15) is 5.10 Å². The predicted molar refractivity (Wildman–Crippen MR) is 78.5 cm³/mol. The average molecular weight is 270 g/mol. The molecule has 0 saturated heterocycles. The summed E-state index contributed by atoms with van der Waals surface area (Å²) < 4.78 is 0. The highest BCUT2D eigenvalue weighted by Crippen LogP contribution is 2.14. The number of rotatable bonds is 3. The van der Waals surface area contributed by atoms with Gasteiger partial charge >= 0.3 is 0 Å². The van der Waals surface area contributed by atoms with E-state index in [2.05, 4.69) is 20.5 Å². The van der Waals surface area contributed by atoms with E-state index >= 15 is 0 Å². The Morgan fingerprint density at radius 1 is 1.25 bits per heavy atom. The topological polar surface area (TPSA) is 70.1 Å². The molecule has 1 fully saturated rings. The zero-order chi connectivity index (χ0) is 13.8. The fourth-order valence-electron chi connectivity index (χ4n) is 2.49. The summed E-state index contributed by atoms with van der Waals surface area (Å²) in [6, 6.07) is 7.75. The minimum Gasteiger partial charge on any atom is -0.342 e. The number of aromatic amines is 1. The molecule has 0 bridgehead atoms. The Bertz CT molecular complexity index is 603. The number of amides is 1. The van der Waals surface area contributed by atoms with Crippen molar-refractivity contribution >= 4 is 22.7 Å². The van der Waals surface area contributed by atoms with Gasteiger partial charge in [-0.15, -0.1) is 0 Å². The molecule has 1 heterocycles. The van der Waals surface area contributed by atoms with Crippen molar-refractivity contribution in [3.05, 3.63) is 30.1 Å². The molecule has 5 nitrogen and oxygen atoms in total. The minimum absolute atomic E-state index is 0.123. The van der Waals surface area contributed by atoms with E-state index in [4.69, 9.17) is 0 Å². The van der Waals surface area contributed by atoms with Crippen molar-refractivity contribution in [1.82, 2.24) is 15.4 Å². The molecule has 0 spiro atoms. The largest absolute Gasteiger partial charge is 0.342 e. The van der Waals surface area contributed by atoms with Crippen LogP contribution in [0.3, 0.4) is 0 Å². The summed E-state index contributed by atoms with van der Waals surface area (Å²) in [5.74, 6) is 0.551. The Morgan fingerprint density at radius 3 is 2.85 bits per heavy atom. The van der Waals surface area contributed by atoms with Gasteiger partial charge in [0.1, 0.15) is 5.82 Å². The van der Waals surface area contributed by atoms with Gasteiger partial charge in [0, 0.05) is 5.71 Å². The second-order valence-electron chi connectivity index (χ2n) is 5.15. The average Bonchev–Trinajstić information content (AvgIpc) is 2.88. The summed E-state index contributed by atoms with van der Waals surface area (Å²) >= 11 is 0. The summed E-state index contributed by atoms with van der Waals surface area (Å²) in [5.41, 5.74) is 5.58. The number of H-pyrrole nitrogens is 1. The number of carbonyl (C=O) groups is 1. The molecule has 1 amide bonds. The van der Waals surface area contributed by atoms with E-state index in [9.17, 15) is 4.79 Å². The Hall–Kier alpha value is -2.17. The number of aromatic nitrogens is 2. The first-order chi connectivity index (χ1) is 9.81. The number of hydrogen-bond acceptors (Lipinski definition) is 3. The standard InChI is InChI=1S/C15H18N4O/c20-15(19-18-11-6-2-1-3-7-11)10-14-16-12-8-4-5-9-13(12)17-14/h4-5,8-9H,1-3,6-7,10H2,(H,16,17)(H,19,20). The van der Waals surface area contributed by atoms with Gasteiger partial charge < -0.3 is 4.98 Å². The summed E-state index contributed by atoms with van der Waals surface area (Å²) in [4.78, 5) is 19.4. The van der Waals surface area contributed by atoms with Crippen LogP contribution >= 0.6 is 0 Å². The molecule has 1 aromatic carbocycles. The molecule has 3 rings (SSSR count). The zero-order valence-electron chi connectivity index (χ0n) is 11.4. The Morgan fingerprint density at radius 2 is 2.05 bits per heavy atom. The van der Waals surface area contributed by atoms with Crippen molar-refractivity contribution < 1.29 is 4.79 Å². The molecule has 0 atom stereocenters. The molecule has 5 heteroatoms. The monoisotopic (exact) mass is 270 g/mol. The lowest BCUT2D eigenvalue weighted by atomic mass is 9.99. The number of hydrazone groups is 1. The lowest BCUT2D eigenvalue weighted by Crippen LogP contribution is -2.22. The van der Waals surface area contributed by atoms with Crippen molar-refractivity contribution in [2.75, 3.05) is 0 Å². The second-order valence-corrected chi connectivity index (χ2v) is 5.15. The highest BCUT2D eigenvalue weighted by atomic mass is 16.2. The first kappa shape index (κ1) is 12.8. The zero-order valence-corrected chi connectivity index (χ0v) is 11.4. The lowest BCUT2D eigenvalue weighted by Gasteiger charge is -2.11. The van der Waals surface area contributed by atoms with Crippen LogP contribution in [0.15, 0.2) is 29.4 Å². The Labute approximate surface area is 117 Å². The third-order valence-electron chi connectivity index (χ3n) is 3.54. The molecule has 104 valence electrons. The van der Waals surface area contributed by atoms with Crippen molar-refractivity contribution in [3.63, 3.8) is 0 Å². The molecule has 0 aliphatic heterocycles. The summed E-state index contributed by atoms with van der Waals surface area (Å²) in [5, 5.41) is 4.21. The van der Waals surface area contributed by atoms with Gasteiger partial charge in [0.2, 0.25) is 5.91 Å². The minimum atomic E-state index is -0.123. The van der Waals surface area contributed by atoms with Gasteiger partial charge in [-0.3, -0.25) is 4.79 Å². The maximum absolute atomic E-state index is 11.9. The first-order valence-corrected chi connectivity index (χ1v) is 7.09. The van der Waals surface area contributed by atoms with E-state index in [1.165, 1.54) is 19.3 Å². The Kier molecular flexibility index (Phi) is 3.76. The van der Waals surface area contributed by atoms with Gasteiger partial charge in [0.25, 0.3) is 0 Å². The molecular formula is C15H18N4O. The van der Waals surface area contributed by atoms with Gasteiger partial charge in [0.05, 0.1) is 17.5 Å². The molecule has 2 N–H and O–H groups in total. The molecule has 2 aromatic rings. The van der Waals surface area contributed by atoms with Crippen molar-refractivity contribution in [2.45, 2.75) is 38.5 Å². The van der Waals surface area contributed by atoms with Crippen LogP contribution in [0.5, 0.6) is 0 Å². The van der Waals surface area contributed by atoms with Crippen LogP contribution in [0.2, 0.25) is 0 Å². The van der Waals surface area contributed by atoms with Crippen molar-refractivity contribution in [2.24, 2.45) is 5.10 Å². The van der Waals surface area contributed by atoms with Crippen LogP contribution in [-0.4, -0.2) is 21.6 Å². The van der Waals surface area contributed by atoms with Crippen LogP contribution in [-0.2, 0) is 11.2 Å². The maximum Gasteiger partial charge on any atom is 0.247 e. The van der Waals surface area contributed by atoms with E-state index in [0.717, 1.165) is 29.6 Å². The Balaban J connectivity index is 1.60. The number of imidazole rings is 1. The van der Waals surface area contributed by atoms with Crippen LogP contribution < -0.4 is 5.43 Å². The SMILES string of the molecule is O=C(Cc1nc2ccccc2[nH]1)NN=C1CCCCC1. The van der Waals surface area contributed by atoms with E-state index in [-0.39, 0.29) is 12.3 Å². The van der Waals surface area contributed by atoms with Crippen LogP contribution in [0.4, 0.5) is 0 Å². The molecule has 20 heavy (non-hydrogen) atoms. The quantitative estimate of drug-likeness (QED) is 0.841. The summed E-state index contributed by atoms with van der Waals surface area (Å²) in [7, 11) is 0. The van der Waals surface area contributed by atoms with Crippen molar-refractivity contribution in [3.8, 4) is 0 Å². The number of fused-ring (bicyclic) bond motifs is 1. The summed E-state index contributed by atoms with van der Waals surface area (Å²) in [6.45, 7) is 0. The molecule has 0 radical (unpaired) electrons. The van der Waals surface area contributed by atoms with Gasteiger partial charge in [-0.1, -0.05) is 18.6 Å². The maximum atomic E-state index is 11.9. The van der Waals surface area contributed by atoms with Gasteiger partial charge in [-0.05, 0) is 37.8 Å². The fraction of sp³-hybridized carbons (Fsp3) is 0.400. The second kappa shape index (κ2) is 5.86. The van der Waals surface area contributed by atoms with Gasteiger partial charge in [-0.25, -0.2) is 10.4 Å². The molecule has 1 aliphatic rings. The molecular weight excluding hydrogens is 252 g/mol. The highest BCUT2D eigenvalue weighted by molar-refractivity contribution is 5.87. The van der Waals surface area contributed by atoms with Crippen molar-refractivity contribution in [1.29, 1.82) is 0 Å². The molecule has 1 saturated carbocycles. The van der Waals surface area contributed by atoms with E-state index in [0.29, 0.717) is 5.82 Å². The number of nitrogens with one attached hydrogen (secondary N) is 2. The predicted octanol–water partition coefficient (Wildman–Crippen LogP) is 2.54. The number of nitrogens with zero attached hydrogens (tertiary/aromatic N) is 2. The normalized spacial score (nSPS) is 15.3. The molecule has 1 aromatic heterocycles. The van der Waals surface area contributed by atoms with E-state index in [1.54, 1.807) is 0 Å². The third kappa shape index (κ3) is 3.04. The van der Waals surface area contributed by atoms with Crippen LogP contribution in [0, 0.1) is 0 Å². The fourth-order valence-corrected chi connectivity index (χ4v) is 2.49. The molecule has 1 aliphatic carbocycles. The number of carbonyl (C=O) groups excluding carboxylic acids is 1. The van der Waals surface area contributed by atoms with E-state index in [1.807, 2.05) is 24.3 Å². The number of hydrogen-bond donors (Lipinski definition) is 2. The highest BCUT2D eigenvalue weighted by Gasteiger charge is 2.09. The lowest BCUT2D eigenvalue weighted by molar-refractivity contribution is -0.120. The third-order valence-corrected chi connectivity index (χ3v) is 3.54.